The number of nitrogens with one attached hydrogen (secondary N) is 1. The maximum Gasteiger partial charge on any atom is 0.220 e. The van der Waals surface area contributed by atoms with Crippen molar-refractivity contribution in [1.29, 1.82) is 0 Å². The standard InChI is InChI=1S/C18H20BrNO/c19-14-17(16-11-5-2-6-12-16)20-18(21)13-7-10-15-8-3-1-4-9-15/h1-6,8-9,11-12,17H,7,10,13-14H2,(H,20,21). The van der Waals surface area contributed by atoms with E-state index < -0.39 is 0 Å². The van der Waals surface area contributed by atoms with Crippen LogP contribution in [0.4, 0.5) is 0 Å². The van der Waals surface area contributed by atoms with Gasteiger partial charge >= 0.3 is 0 Å². The molecule has 0 fully saturated rings. The lowest BCUT2D eigenvalue weighted by Crippen LogP contribution is -2.29. The summed E-state index contributed by atoms with van der Waals surface area (Å²) in [6.07, 6.45) is 2.38. The summed E-state index contributed by atoms with van der Waals surface area (Å²) in [6.45, 7) is 0. The third-order valence-electron chi connectivity index (χ3n) is 3.40. The fourth-order valence-corrected chi connectivity index (χ4v) is 2.80. The molecule has 0 aliphatic rings. The molecule has 2 rings (SSSR count). The van der Waals surface area contributed by atoms with Crippen LogP contribution in [0, 0.1) is 0 Å². The monoisotopic (exact) mass is 345 g/mol. The van der Waals surface area contributed by atoms with Crippen LogP contribution in [0.1, 0.15) is 30.0 Å². The first-order valence-electron chi connectivity index (χ1n) is 7.24. The summed E-state index contributed by atoms with van der Waals surface area (Å²) >= 11 is 3.47. The number of halogens is 1. The predicted octanol–water partition coefficient (Wildman–Crippen LogP) is 4.26. The maximum absolute atomic E-state index is 12.0. The summed E-state index contributed by atoms with van der Waals surface area (Å²) in [7, 11) is 0. The van der Waals surface area contributed by atoms with Crippen molar-refractivity contribution >= 4 is 21.8 Å². The zero-order valence-corrected chi connectivity index (χ0v) is 13.6. The minimum atomic E-state index is 0.0374. The number of hydrogen-bond donors (Lipinski definition) is 1. The lowest BCUT2D eigenvalue weighted by atomic mass is 10.1. The van der Waals surface area contributed by atoms with Crippen LogP contribution in [-0.2, 0) is 11.2 Å². The second-order valence-electron chi connectivity index (χ2n) is 5.02. The zero-order chi connectivity index (χ0) is 14.9. The third-order valence-corrected chi connectivity index (χ3v) is 4.05. The van der Waals surface area contributed by atoms with E-state index >= 15 is 0 Å². The highest BCUT2D eigenvalue weighted by molar-refractivity contribution is 9.09. The Labute approximate surface area is 134 Å². The normalized spacial score (nSPS) is 11.9. The van der Waals surface area contributed by atoms with Crippen molar-refractivity contribution in [3.8, 4) is 0 Å². The highest BCUT2D eigenvalue weighted by Gasteiger charge is 2.12. The molecule has 2 aromatic carbocycles. The van der Waals surface area contributed by atoms with Crippen molar-refractivity contribution in [3.63, 3.8) is 0 Å². The van der Waals surface area contributed by atoms with Gasteiger partial charge in [0.1, 0.15) is 0 Å². The second kappa shape index (κ2) is 8.63. The Kier molecular flexibility index (Phi) is 6.48. The van der Waals surface area contributed by atoms with Crippen molar-refractivity contribution in [3.05, 3.63) is 71.8 Å². The molecule has 0 heterocycles. The summed E-state index contributed by atoms with van der Waals surface area (Å²) < 4.78 is 0. The Morgan fingerprint density at radius 2 is 1.62 bits per heavy atom. The number of alkyl halides is 1. The molecule has 110 valence electrons. The summed E-state index contributed by atoms with van der Waals surface area (Å²) in [5.41, 5.74) is 2.41. The van der Waals surface area contributed by atoms with Gasteiger partial charge in [-0.05, 0) is 24.0 Å². The van der Waals surface area contributed by atoms with E-state index in [9.17, 15) is 4.79 Å². The molecule has 0 radical (unpaired) electrons. The van der Waals surface area contributed by atoms with Crippen molar-refractivity contribution in [2.75, 3.05) is 5.33 Å². The molecular formula is C18H20BrNO. The van der Waals surface area contributed by atoms with E-state index in [1.54, 1.807) is 0 Å². The van der Waals surface area contributed by atoms with Crippen molar-refractivity contribution in [2.45, 2.75) is 25.3 Å². The molecule has 0 aromatic heterocycles. The molecule has 0 aliphatic carbocycles. The molecule has 1 unspecified atom stereocenters. The minimum Gasteiger partial charge on any atom is -0.348 e. The van der Waals surface area contributed by atoms with Gasteiger partial charge in [0, 0.05) is 11.8 Å². The first kappa shape index (κ1) is 15.8. The van der Waals surface area contributed by atoms with Crippen LogP contribution in [0.25, 0.3) is 0 Å². The highest BCUT2D eigenvalue weighted by atomic mass is 79.9. The van der Waals surface area contributed by atoms with Gasteiger partial charge in [-0.1, -0.05) is 76.6 Å². The molecule has 1 atom stereocenters. The Hall–Kier alpha value is -1.61. The number of hydrogen-bond acceptors (Lipinski definition) is 1. The molecule has 0 spiro atoms. The Morgan fingerprint density at radius 3 is 2.24 bits per heavy atom. The number of carbonyl (C=O) groups excluding carboxylic acids is 1. The van der Waals surface area contributed by atoms with E-state index in [1.165, 1.54) is 5.56 Å². The van der Waals surface area contributed by atoms with E-state index in [1.807, 2.05) is 48.5 Å². The number of benzene rings is 2. The topological polar surface area (TPSA) is 29.1 Å². The molecule has 1 amide bonds. The van der Waals surface area contributed by atoms with Gasteiger partial charge in [-0.15, -0.1) is 0 Å². The van der Waals surface area contributed by atoms with Crippen molar-refractivity contribution in [1.82, 2.24) is 5.32 Å². The molecule has 1 N–H and O–H groups in total. The third kappa shape index (κ3) is 5.35. The fourth-order valence-electron chi connectivity index (χ4n) is 2.26. The average Bonchev–Trinajstić information content (AvgIpc) is 2.54. The maximum atomic E-state index is 12.0. The summed E-state index contributed by atoms with van der Waals surface area (Å²) in [6, 6.07) is 20.4. The molecule has 21 heavy (non-hydrogen) atoms. The quantitative estimate of drug-likeness (QED) is 0.746. The Balaban J connectivity index is 1.78. The molecule has 0 saturated heterocycles. The van der Waals surface area contributed by atoms with Crippen LogP contribution in [0.5, 0.6) is 0 Å². The van der Waals surface area contributed by atoms with Gasteiger partial charge in [0.15, 0.2) is 0 Å². The molecule has 3 heteroatoms. The first-order valence-corrected chi connectivity index (χ1v) is 8.36. The molecule has 0 saturated carbocycles. The van der Waals surface area contributed by atoms with Gasteiger partial charge in [0.2, 0.25) is 5.91 Å². The van der Waals surface area contributed by atoms with E-state index in [2.05, 4.69) is 33.4 Å². The Morgan fingerprint density at radius 1 is 1.00 bits per heavy atom. The van der Waals surface area contributed by atoms with Crippen LogP contribution in [0.3, 0.4) is 0 Å². The van der Waals surface area contributed by atoms with Gasteiger partial charge in [-0.25, -0.2) is 0 Å². The lowest BCUT2D eigenvalue weighted by Gasteiger charge is -2.16. The molecule has 0 aliphatic heterocycles. The first-order chi connectivity index (χ1) is 10.3. The SMILES string of the molecule is O=C(CCCc1ccccc1)NC(CBr)c1ccccc1. The number of rotatable bonds is 7. The van der Waals surface area contributed by atoms with Gasteiger partial charge < -0.3 is 5.32 Å². The smallest absolute Gasteiger partial charge is 0.220 e. The van der Waals surface area contributed by atoms with Gasteiger partial charge in [-0.3, -0.25) is 4.79 Å². The zero-order valence-electron chi connectivity index (χ0n) is 12.0. The number of amides is 1. The molecule has 0 bridgehead atoms. The van der Waals surface area contributed by atoms with Crippen LogP contribution < -0.4 is 5.32 Å². The van der Waals surface area contributed by atoms with Crippen LogP contribution in [0.15, 0.2) is 60.7 Å². The second-order valence-corrected chi connectivity index (χ2v) is 5.67. The summed E-state index contributed by atoms with van der Waals surface area (Å²) in [4.78, 5) is 12.0. The van der Waals surface area contributed by atoms with E-state index in [4.69, 9.17) is 0 Å². The highest BCUT2D eigenvalue weighted by Crippen LogP contribution is 2.15. The average molecular weight is 346 g/mol. The minimum absolute atomic E-state index is 0.0374. The summed E-state index contributed by atoms with van der Waals surface area (Å²) in [5.74, 6) is 0.110. The molecule has 2 aromatic rings. The van der Waals surface area contributed by atoms with E-state index in [-0.39, 0.29) is 11.9 Å². The van der Waals surface area contributed by atoms with Crippen molar-refractivity contribution in [2.24, 2.45) is 0 Å². The van der Waals surface area contributed by atoms with E-state index in [0.29, 0.717) is 6.42 Å². The van der Waals surface area contributed by atoms with Crippen LogP contribution >= 0.6 is 15.9 Å². The predicted molar refractivity (Wildman–Crippen MR) is 90.5 cm³/mol. The molecular weight excluding hydrogens is 326 g/mol. The van der Waals surface area contributed by atoms with Gasteiger partial charge in [0.25, 0.3) is 0 Å². The van der Waals surface area contributed by atoms with Crippen LogP contribution in [-0.4, -0.2) is 11.2 Å². The van der Waals surface area contributed by atoms with Gasteiger partial charge in [0.05, 0.1) is 6.04 Å². The Bertz CT molecular complexity index is 542. The van der Waals surface area contributed by atoms with E-state index in [0.717, 1.165) is 23.7 Å². The number of carbonyl (C=O) groups is 1. The van der Waals surface area contributed by atoms with Crippen LogP contribution in [0.2, 0.25) is 0 Å². The number of aryl methyl sites for hydroxylation is 1. The van der Waals surface area contributed by atoms with Crippen molar-refractivity contribution < 1.29 is 4.79 Å². The lowest BCUT2D eigenvalue weighted by molar-refractivity contribution is -0.121. The largest absolute Gasteiger partial charge is 0.348 e. The fraction of sp³-hybridized carbons (Fsp3) is 0.278. The van der Waals surface area contributed by atoms with Gasteiger partial charge in [-0.2, -0.15) is 0 Å². The molecule has 2 nitrogen and oxygen atoms in total. The summed E-state index contributed by atoms with van der Waals surface area (Å²) in [5, 5.41) is 3.81.